The number of anilines is 1. The molecule has 1 aromatic heterocycles. The van der Waals surface area contributed by atoms with Crippen molar-refractivity contribution in [3.05, 3.63) is 65.2 Å². The molecule has 10 heteroatoms. The number of sulfonamides is 1. The van der Waals surface area contributed by atoms with Crippen LogP contribution in [0.4, 0.5) is 5.95 Å². The smallest absolute Gasteiger partial charge is 0.264 e. The van der Waals surface area contributed by atoms with Gasteiger partial charge in [-0.3, -0.25) is 4.90 Å². The Hall–Kier alpha value is -3.05. The third-order valence-electron chi connectivity index (χ3n) is 8.99. The lowest BCUT2D eigenvalue weighted by Crippen LogP contribution is -2.49. The summed E-state index contributed by atoms with van der Waals surface area (Å²) in [6.45, 7) is 12.2. The molecule has 44 heavy (non-hydrogen) atoms. The maximum Gasteiger partial charge on any atom is 0.264 e. The minimum Gasteiger partial charge on any atom is -0.477 e. The molecule has 1 unspecified atom stereocenters. The standard InChI is InChI=1S/C34H46N4O5S/c1-22-8-6-9-23(2)31(22)29-19-30-36-33(35-29)37-44(41,42)28-11-7-10-24(18-28)32(26(21-43-30)20-34(3,4)5)25-16-27(17-25)38(12-14-39)13-15-40/h6-11,18-19,25-27,32,39-40H,12-17,20-21H2,1-5H3,(H,35,36,37)/t25?,26-,27?,32?/m1/s1. The van der Waals surface area contributed by atoms with Crippen LogP contribution in [0.5, 0.6) is 5.88 Å². The third kappa shape index (κ3) is 7.25. The second kappa shape index (κ2) is 13.1. The van der Waals surface area contributed by atoms with Crippen LogP contribution >= 0.6 is 0 Å². The highest BCUT2D eigenvalue weighted by Gasteiger charge is 2.43. The topological polar surface area (TPSA) is 125 Å². The predicted octanol–water partition coefficient (Wildman–Crippen LogP) is 5.15. The monoisotopic (exact) mass is 622 g/mol. The summed E-state index contributed by atoms with van der Waals surface area (Å²) in [5.41, 5.74) is 4.56. The van der Waals surface area contributed by atoms with Crippen molar-refractivity contribution >= 4 is 16.0 Å². The molecule has 0 radical (unpaired) electrons. The summed E-state index contributed by atoms with van der Waals surface area (Å²) in [4.78, 5) is 11.5. The number of fused-ring (bicyclic) bond motifs is 4. The molecule has 1 aliphatic heterocycles. The molecule has 0 amide bonds. The van der Waals surface area contributed by atoms with Crippen LogP contribution < -0.4 is 9.46 Å². The number of benzene rings is 2. The number of nitrogens with one attached hydrogen (secondary N) is 1. The maximum absolute atomic E-state index is 13.7. The van der Waals surface area contributed by atoms with Gasteiger partial charge in [-0.2, -0.15) is 4.98 Å². The van der Waals surface area contributed by atoms with Crippen LogP contribution in [0.15, 0.2) is 53.4 Å². The molecule has 1 aliphatic carbocycles. The largest absolute Gasteiger partial charge is 0.477 e. The van der Waals surface area contributed by atoms with Gasteiger partial charge in [0.2, 0.25) is 11.8 Å². The van der Waals surface area contributed by atoms with Crippen molar-refractivity contribution in [1.82, 2.24) is 14.9 Å². The zero-order valence-corrected chi connectivity index (χ0v) is 27.3. The summed E-state index contributed by atoms with van der Waals surface area (Å²) in [5, 5.41) is 19.2. The van der Waals surface area contributed by atoms with Gasteiger partial charge >= 0.3 is 0 Å². The van der Waals surface area contributed by atoms with Gasteiger partial charge in [0.25, 0.3) is 10.0 Å². The second-order valence-corrected chi connectivity index (χ2v) is 15.3. The number of hydrogen-bond donors (Lipinski definition) is 3. The molecule has 5 rings (SSSR count). The highest BCUT2D eigenvalue weighted by Crippen LogP contribution is 2.49. The summed E-state index contributed by atoms with van der Waals surface area (Å²) in [6, 6.07) is 15.3. The van der Waals surface area contributed by atoms with E-state index in [1.54, 1.807) is 12.1 Å². The first-order valence-corrected chi connectivity index (χ1v) is 17.0. The average Bonchev–Trinajstić information content (AvgIpc) is 2.91. The Morgan fingerprint density at radius 2 is 1.64 bits per heavy atom. The highest BCUT2D eigenvalue weighted by molar-refractivity contribution is 7.92. The van der Waals surface area contributed by atoms with Crippen LogP contribution in [-0.2, 0) is 10.0 Å². The molecule has 2 aromatic carbocycles. The molecule has 0 saturated heterocycles. The summed E-state index contributed by atoms with van der Waals surface area (Å²) >= 11 is 0. The molecule has 238 valence electrons. The lowest BCUT2D eigenvalue weighted by atomic mass is 9.63. The molecule has 2 atom stereocenters. The zero-order chi connectivity index (χ0) is 31.6. The first-order valence-electron chi connectivity index (χ1n) is 15.6. The number of aromatic nitrogens is 2. The molecule has 1 fully saturated rings. The minimum atomic E-state index is -3.99. The Labute approximate surface area is 261 Å². The van der Waals surface area contributed by atoms with Crippen LogP contribution in [0.2, 0.25) is 0 Å². The van der Waals surface area contributed by atoms with E-state index in [0.29, 0.717) is 31.3 Å². The number of aryl methyl sites for hydroxylation is 2. The van der Waals surface area contributed by atoms with E-state index < -0.39 is 10.0 Å². The van der Waals surface area contributed by atoms with Gasteiger partial charge in [0.1, 0.15) is 0 Å². The second-order valence-electron chi connectivity index (χ2n) is 13.6. The van der Waals surface area contributed by atoms with E-state index in [9.17, 15) is 18.6 Å². The van der Waals surface area contributed by atoms with Crippen molar-refractivity contribution in [2.24, 2.45) is 17.3 Å². The number of ether oxygens (including phenoxy) is 1. The van der Waals surface area contributed by atoms with E-state index in [1.165, 1.54) is 0 Å². The molecule has 0 spiro atoms. The molecule has 3 aromatic rings. The minimum absolute atomic E-state index is 0.00218. The Kier molecular flexibility index (Phi) is 9.65. The molecule has 9 nitrogen and oxygen atoms in total. The molecule has 2 heterocycles. The van der Waals surface area contributed by atoms with Crippen LogP contribution in [0.3, 0.4) is 0 Å². The zero-order valence-electron chi connectivity index (χ0n) is 26.5. The van der Waals surface area contributed by atoms with E-state index in [0.717, 1.165) is 41.5 Å². The van der Waals surface area contributed by atoms with E-state index in [2.05, 4.69) is 40.4 Å². The van der Waals surface area contributed by atoms with Crippen molar-refractivity contribution in [3.8, 4) is 17.1 Å². The number of aliphatic hydroxyl groups is 2. The van der Waals surface area contributed by atoms with Crippen molar-refractivity contribution in [1.29, 1.82) is 0 Å². The lowest BCUT2D eigenvalue weighted by Gasteiger charge is -2.48. The Morgan fingerprint density at radius 3 is 2.27 bits per heavy atom. The quantitative estimate of drug-likeness (QED) is 0.315. The Balaban J connectivity index is 1.58. The van der Waals surface area contributed by atoms with Gasteiger partial charge in [-0.25, -0.2) is 18.1 Å². The summed E-state index contributed by atoms with van der Waals surface area (Å²) in [5.74, 6) is 0.725. The third-order valence-corrected chi connectivity index (χ3v) is 10.3. The fourth-order valence-electron chi connectivity index (χ4n) is 7.11. The van der Waals surface area contributed by atoms with Gasteiger partial charge in [-0.1, -0.05) is 51.1 Å². The number of hydrogen-bond acceptors (Lipinski definition) is 8. The van der Waals surface area contributed by atoms with Crippen molar-refractivity contribution in [2.45, 2.75) is 70.7 Å². The highest BCUT2D eigenvalue weighted by atomic mass is 32.2. The van der Waals surface area contributed by atoms with Crippen molar-refractivity contribution in [3.63, 3.8) is 0 Å². The predicted molar refractivity (Wildman–Crippen MR) is 172 cm³/mol. The summed E-state index contributed by atoms with van der Waals surface area (Å²) in [6.07, 6.45) is 2.66. The van der Waals surface area contributed by atoms with E-state index in [-0.39, 0.29) is 53.3 Å². The number of nitrogens with zero attached hydrogens (tertiary/aromatic N) is 3. The molecule has 1 saturated carbocycles. The summed E-state index contributed by atoms with van der Waals surface area (Å²) < 4.78 is 36.6. The lowest BCUT2D eigenvalue weighted by molar-refractivity contribution is 0.0202. The van der Waals surface area contributed by atoms with E-state index in [1.807, 2.05) is 50.2 Å². The molecule has 3 N–H and O–H groups in total. The van der Waals surface area contributed by atoms with E-state index in [4.69, 9.17) is 4.74 Å². The van der Waals surface area contributed by atoms with Crippen molar-refractivity contribution in [2.75, 3.05) is 37.6 Å². The SMILES string of the molecule is Cc1cccc(C)c1-c1cc2nc(n1)NS(=O)(=O)c1cccc(c1)C(C1CC(N(CCO)CCO)C1)[C@H](CC(C)(C)C)CO2. The molecular weight excluding hydrogens is 576 g/mol. The van der Waals surface area contributed by atoms with Crippen molar-refractivity contribution < 1.29 is 23.4 Å². The van der Waals surface area contributed by atoms with Crippen LogP contribution in [0, 0.1) is 31.1 Å². The van der Waals surface area contributed by atoms with Crippen LogP contribution in [0.1, 0.15) is 62.6 Å². The van der Waals surface area contributed by atoms with Gasteiger partial charge in [0.15, 0.2) is 0 Å². The van der Waals surface area contributed by atoms with Gasteiger partial charge in [-0.15, -0.1) is 0 Å². The Bertz CT molecular complexity index is 1540. The van der Waals surface area contributed by atoms with Gasteiger partial charge < -0.3 is 14.9 Å². The first-order chi connectivity index (χ1) is 20.9. The van der Waals surface area contributed by atoms with Gasteiger partial charge in [0.05, 0.1) is 30.4 Å². The molecule has 4 bridgehead atoms. The average molecular weight is 623 g/mol. The number of aliphatic hydroxyl groups excluding tert-OH is 2. The van der Waals surface area contributed by atoms with Gasteiger partial charge in [-0.05, 0) is 79.2 Å². The maximum atomic E-state index is 13.7. The molecular formula is C34H46N4O5S. The van der Waals surface area contributed by atoms with Crippen LogP contribution in [0.25, 0.3) is 11.3 Å². The Morgan fingerprint density at radius 1 is 0.977 bits per heavy atom. The van der Waals surface area contributed by atoms with Crippen LogP contribution in [-0.4, -0.2) is 72.5 Å². The molecule has 2 aliphatic rings. The fraction of sp³-hybridized carbons (Fsp3) is 0.529. The van der Waals surface area contributed by atoms with Gasteiger partial charge in [0, 0.05) is 36.7 Å². The summed E-state index contributed by atoms with van der Waals surface area (Å²) in [7, 11) is -3.99. The fourth-order valence-corrected chi connectivity index (χ4v) is 8.11. The first kappa shape index (κ1) is 32.3. The number of rotatable bonds is 8. The van der Waals surface area contributed by atoms with E-state index >= 15 is 0 Å². The normalized spacial score (nSPS) is 23.1.